The number of ether oxygens (including phenoxy) is 1. The summed E-state index contributed by atoms with van der Waals surface area (Å²) in [6.45, 7) is 1.96. The number of carbonyl (C=O) groups is 1. The summed E-state index contributed by atoms with van der Waals surface area (Å²) >= 11 is 5.97. The maximum absolute atomic E-state index is 12.3. The van der Waals surface area contributed by atoms with E-state index in [9.17, 15) is 13.2 Å². The molecule has 0 saturated carbocycles. The molecule has 1 heterocycles. The van der Waals surface area contributed by atoms with E-state index in [2.05, 4.69) is 10.2 Å². The molecule has 6 nitrogen and oxygen atoms in total. The smallest absolute Gasteiger partial charge is 0.357 e. The van der Waals surface area contributed by atoms with Crippen LogP contribution in [0.15, 0.2) is 53.4 Å². The number of carbonyl (C=O) groups excluding carboxylic acids is 1. The highest BCUT2D eigenvalue weighted by atomic mass is 35.5. The van der Waals surface area contributed by atoms with E-state index in [0.717, 1.165) is 11.8 Å². The number of sulfone groups is 1. The second-order valence-electron chi connectivity index (χ2n) is 5.85. The maximum atomic E-state index is 12.3. The summed E-state index contributed by atoms with van der Waals surface area (Å²) in [4.78, 5) is 12.5. The molecule has 3 aromatic rings. The third-order valence-corrected chi connectivity index (χ3v) is 5.32. The zero-order chi connectivity index (χ0) is 19.6. The van der Waals surface area contributed by atoms with Gasteiger partial charge in [0.15, 0.2) is 15.5 Å². The Kier molecular flexibility index (Phi) is 5.34. The minimum Gasteiger partial charge on any atom is -0.461 e. The molecule has 0 unspecified atom stereocenters. The first-order valence-electron chi connectivity index (χ1n) is 8.13. The van der Waals surface area contributed by atoms with Crippen LogP contribution in [0.2, 0.25) is 5.02 Å². The van der Waals surface area contributed by atoms with Crippen LogP contribution in [0.5, 0.6) is 0 Å². The molecule has 27 heavy (non-hydrogen) atoms. The summed E-state index contributed by atoms with van der Waals surface area (Å²) in [5, 5.41) is 7.58. The van der Waals surface area contributed by atoms with Crippen molar-refractivity contribution in [2.75, 3.05) is 12.9 Å². The van der Waals surface area contributed by atoms with Gasteiger partial charge in [0, 0.05) is 22.4 Å². The molecule has 8 heteroatoms. The minimum atomic E-state index is -3.30. The fourth-order valence-corrected chi connectivity index (χ4v) is 3.42. The van der Waals surface area contributed by atoms with E-state index in [4.69, 9.17) is 16.3 Å². The van der Waals surface area contributed by atoms with Crippen molar-refractivity contribution in [3.8, 4) is 22.4 Å². The van der Waals surface area contributed by atoms with Crippen LogP contribution < -0.4 is 0 Å². The third kappa shape index (κ3) is 4.04. The van der Waals surface area contributed by atoms with Crippen molar-refractivity contribution in [2.45, 2.75) is 11.8 Å². The standard InChI is InChI=1S/C19H17ClN2O4S/c1-3-26-19(23)18-16(12-4-8-14(20)9-5-12)17(21-22-18)13-6-10-15(11-7-13)27(2,24)25/h4-11H,3H2,1-2H3,(H,21,22). The van der Waals surface area contributed by atoms with Gasteiger partial charge in [0.1, 0.15) is 5.69 Å². The van der Waals surface area contributed by atoms with Crippen molar-refractivity contribution in [3.05, 3.63) is 59.2 Å². The lowest BCUT2D eigenvalue weighted by Crippen LogP contribution is -2.06. The zero-order valence-electron chi connectivity index (χ0n) is 14.7. The topological polar surface area (TPSA) is 89.1 Å². The van der Waals surface area contributed by atoms with Crippen LogP contribution in [0, 0.1) is 0 Å². The normalized spacial score (nSPS) is 11.4. The number of H-pyrrole nitrogens is 1. The van der Waals surface area contributed by atoms with Crippen LogP contribution in [0.1, 0.15) is 17.4 Å². The fraction of sp³-hybridized carbons (Fsp3) is 0.158. The van der Waals surface area contributed by atoms with Crippen LogP contribution in [-0.2, 0) is 14.6 Å². The van der Waals surface area contributed by atoms with E-state index >= 15 is 0 Å². The Morgan fingerprint density at radius 3 is 2.22 bits per heavy atom. The average molecular weight is 405 g/mol. The molecular weight excluding hydrogens is 388 g/mol. The molecule has 1 N–H and O–H groups in total. The summed E-state index contributed by atoms with van der Waals surface area (Å²) in [5.74, 6) is -0.519. The lowest BCUT2D eigenvalue weighted by atomic mass is 9.99. The van der Waals surface area contributed by atoms with Gasteiger partial charge >= 0.3 is 5.97 Å². The van der Waals surface area contributed by atoms with E-state index in [-0.39, 0.29) is 17.2 Å². The number of aromatic amines is 1. The summed E-state index contributed by atoms with van der Waals surface area (Å²) < 4.78 is 28.5. The molecule has 3 rings (SSSR count). The second-order valence-corrected chi connectivity index (χ2v) is 8.30. The molecule has 1 aromatic heterocycles. The summed E-state index contributed by atoms with van der Waals surface area (Å²) in [5.41, 5.74) is 2.71. The number of hydrogen-bond donors (Lipinski definition) is 1. The van der Waals surface area contributed by atoms with E-state index in [1.807, 2.05) is 0 Å². The second kappa shape index (κ2) is 7.54. The van der Waals surface area contributed by atoms with Crippen LogP contribution in [-0.4, -0.2) is 37.4 Å². The van der Waals surface area contributed by atoms with Crippen molar-refractivity contribution in [3.63, 3.8) is 0 Å². The quantitative estimate of drug-likeness (QED) is 0.650. The van der Waals surface area contributed by atoms with Gasteiger partial charge in [-0.05, 0) is 36.8 Å². The highest BCUT2D eigenvalue weighted by Gasteiger charge is 2.23. The Morgan fingerprint density at radius 1 is 1.07 bits per heavy atom. The fourth-order valence-electron chi connectivity index (χ4n) is 2.66. The molecule has 0 aliphatic heterocycles. The molecule has 2 aromatic carbocycles. The maximum Gasteiger partial charge on any atom is 0.357 e. The largest absolute Gasteiger partial charge is 0.461 e. The zero-order valence-corrected chi connectivity index (χ0v) is 16.3. The molecule has 0 spiro atoms. The van der Waals surface area contributed by atoms with E-state index in [0.29, 0.717) is 21.8 Å². The van der Waals surface area contributed by atoms with Gasteiger partial charge in [-0.2, -0.15) is 5.10 Å². The molecule has 0 fully saturated rings. The van der Waals surface area contributed by atoms with Gasteiger partial charge in [0.05, 0.1) is 11.5 Å². The van der Waals surface area contributed by atoms with Crippen LogP contribution in [0.4, 0.5) is 0 Å². The monoisotopic (exact) mass is 404 g/mol. The first-order valence-corrected chi connectivity index (χ1v) is 10.4. The number of benzene rings is 2. The van der Waals surface area contributed by atoms with Crippen LogP contribution in [0.25, 0.3) is 22.4 Å². The predicted molar refractivity (Wildman–Crippen MR) is 104 cm³/mol. The summed E-state index contributed by atoms with van der Waals surface area (Å²) in [7, 11) is -3.30. The molecule has 0 atom stereocenters. The number of nitrogens with one attached hydrogen (secondary N) is 1. The first-order chi connectivity index (χ1) is 12.8. The number of halogens is 1. The first kappa shape index (κ1) is 19.1. The van der Waals surface area contributed by atoms with Crippen molar-refractivity contribution >= 4 is 27.4 Å². The van der Waals surface area contributed by atoms with E-state index in [1.54, 1.807) is 43.3 Å². The number of hydrogen-bond acceptors (Lipinski definition) is 5. The number of rotatable bonds is 5. The molecule has 0 amide bonds. The number of nitrogens with zero attached hydrogens (tertiary/aromatic N) is 1. The minimum absolute atomic E-state index is 0.209. The number of esters is 1. The van der Waals surface area contributed by atoms with Crippen molar-refractivity contribution in [1.82, 2.24) is 10.2 Å². The molecule has 0 aliphatic carbocycles. The molecular formula is C19H17ClN2O4S. The Hall–Kier alpha value is -2.64. The van der Waals surface area contributed by atoms with Gasteiger partial charge in [0.2, 0.25) is 0 Å². The number of aromatic nitrogens is 2. The van der Waals surface area contributed by atoms with Gasteiger partial charge in [-0.1, -0.05) is 35.9 Å². The van der Waals surface area contributed by atoms with Gasteiger partial charge in [-0.3, -0.25) is 5.10 Å². The Labute approximate surface area is 162 Å². The van der Waals surface area contributed by atoms with Gasteiger partial charge in [-0.25, -0.2) is 13.2 Å². The lowest BCUT2D eigenvalue weighted by molar-refractivity contribution is 0.0520. The van der Waals surface area contributed by atoms with Crippen molar-refractivity contribution < 1.29 is 17.9 Å². The SMILES string of the molecule is CCOC(=O)c1[nH]nc(-c2ccc(S(C)(=O)=O)cc2)c1-c1ccc(Cl)cc1. The highest BCUT2D eigenvalue weighted by Crippen LogP contribution is 2.34. The molecule has 140 valence electrons. The van der Waals surface area contributed by atoms with Crippen LogP contribution >= 0.6 is 11.6 Å². The average Bonchev–Trinajstić information content (AvgIpc) is 3.07. The molecule has 0 aliphatic rings. The molecule has 0 bridgehead atoms. The molecule has 0 radical (unpaired) electrons. The Balaban J connectivity index is 2.15. The summed E-state index contributed by atoms with van der Waals surface area (Å²) in [6, 6.07) is 13.3. The van der Waals surface area contributed by atoms with Gasteiger partial charge in [-0.15, -0.1) is 0 Å². The van der Waals surface area contributed by atoms with Gasteiger partial charge in [0.25, 0.3) is 0 Å². The van der Waals surface area contributed by atoms with Crippen molar-refractivity contribution in [1.29, 1.82) is 0 Å². The van der Waals surface area contributed by atoms with E-state index in [1.165, 1.54) is 12.1 Å². The Morgan fingerprint density at radius 2 is 1.67 bits per heavy atom. The van der Waals surface area contributed by atoms with E-state index < -0.39 is 15.8 Å². The summed E-state index contributed by atoms with van der Waals surface area (Å²) in [6.07, 6.45) is 1.15. The molecule has 0 saturated heterocycles. The van der Waals surface area contributed by atoms with Crippen molar-refractivity contribution in [2.24, 2.45) is 0 Å². The Bertz CT molecular complexity index is 1070. The predicted octanol–water partition coefficient (Wildman–Crippen LogP) is 3.98. The third-order valence-electron chi connectivity index (χ3n) is 3.93. The van der Waals surface area contributed by atoms with Gasteiger partial charge < -0.3 is 4.74 Å². The lowest BCUT2D eigenvalue weighted by Gasteiger charge is -2.07. The highest BCUT2D eigenvalue weighted by molar-refractivity contribution is 7.90. The van der Waals surface area contributed by atoms with Crippen LogP contribution in [0.3, 0.4) is 0 Å².